The van der Waals surface area contributed by atoms with E-state index in [1.54, 1.807) is 18.3 Å². The molecule has 0 bridgehead atoms. The summed E-state index contributed by atoms with van der Waals surface area (Å²) in [5, 5.41) is 9.65. The maximum atomic E-state index is 9.05. The molecule has 0 aliphatic carbocycles. The molecule has 0 heterocycles. The number of halogens is 2. The molecule has 0 aliphatic heterocycles. The fourth-order valence-electron chi connectivity index (χ4n) is 1.44. The Bertz CT molecular complexity index is 628. The van der Waals surface area contributed by atoms with Crippen LogP contribution in [0.3, 0.4) is 0 Å². The molecule has 88 valence electrons. The van der Waals surface area contributed by atoms with Crippen LogP contribution in [0.1, 0.15) is 11.1 Å². The molecule has 0 radical (unpaired) electrons. The van der Waals surface area contributed by atoms with Crippen LogP contribution in [0.15, 0.2) is 47.5 Å². The third kappa shape index (κ3) is 2.70. The lowest BCUT2D eigenvalue weighted by Gasteiger charge is -2.01. The zero-order valence-electron chi connectivity index (χ0n) is 9.27. The number of benzene rings is 2. The second kappa shape index (κ2) is 5.68. The van der Waals surface area contributed by atoms with E-state index in [0.717, 1.165) is 5.56 Å². The van der Waals surface area contributed by atoms with Gasteiger partial charge in [0.2, 0.25) is 0 Å². The lowest BCUT2D eigenvalue weighted by atomic mass is 10.2. The molecule has 0 aromatic heterocycles. The van der Waals surface area contributed by atoms with Gasteiger partial charge in [-0.05, 0) is 17.7 Å². The number of nitriles is 1. The van der Waals surface area contributed by atoms with Crippen molar-refractivity contribution in [2.75, 3.05) is 0 Å². The van der Waals surface area contributed by atoms with Crippen molar-refractivity contribution in [3.8, 4) is 6.07 Å². The van der Waals surface area contributed by atoms with Gasteiger partial charge < -0.3 is 0 Å². The zero-order valence-corrected chi connectivity index (χ0v) is 10.8. The highest BCUT2D eigenvalue weighted by Crippen LogP contribution is 2.32. The first-order chi connectivity index (χ1) is 8.72. The Balaban J connectivity index is 2.39. The molecule has 0 atom stereocenters. The number of hydrogen-bond donors (Lipinski definition) is 0. The molecule has 0 unspecified atom stereocenters. The highest BCUT2D eigenvalue weighted by molar-refractivity contribution is 6.43. The summed E-state index contributed by atoms with van der Waals surface area (Å²) in [4.78, 5) is 4.26. The minimum absolute atomic E-state index is 0.238. The van der Waals surface area contributed by atoms with Crippen LogP contribution in [0.5, 0.6) is 0 Å². The van der Waals surface area contributed by atoms with Crippen molar-refractivity contribution in [1.82, 2.24) is 0 Å². The largest absolute Gasteiger partial charge is 0.255 e. The van der Waals surface area contributed by atoms with Crippen molar-refractivity contribution in [3.05, 3.63) is 63.6 Å². The van der Waals surface area contributed by atoms with Crippen molar-refractivity contribution in [2.45, 2.75) is 0 Å². The second-order valence-corrected chi connectivity index (χ2v) is 4.32. The molecule has 2 aromatic rings. The van der Waals surface area contributed by atoms with Crippen molar-refractivity contribution >= 4 is 35.1 Å². The topological polar surface area (TPSA) is 36.1 Å². The lowest BCUT2D eigenvalue weighted by molar-refractivity contribution is 1.44. The van der Waals surface area contributed by atoms with Gasteiger partial charge >= 0.3 is 0 Å². The molecular weight excluding hydrogens is 267 g/mol. The van der Waals surface area contributed by atoms with E-state index in [1.807, 2.05) is 36.4 Å². The summed E-state index contributed by atoms with van der Waals surface area (Å²) in [6, 6.07) is 14.9. The molecule has 18 heavy (non-hydrogen) atoms. The Morgan fingerprint density at radius 1 is 1.06 bits per heavy atom. The molecule has 0 aliphatic rings. The highest BCUT2D eigenvalue weighted by Gasteiger charge is 2.09. The molecule has 0 saturated carbocycles. The molecule has 0 amide bonds. The van der Waals surface area contributed by atoms with Crippen LogP contribution in [0.2, 0.25) is 10.0 Å². The summed E-state index contributed by atoms with van der Waals surface area (Å²) in [6.07, 6.45) is 1.68. The number of hydrogen-bond acceptors (Lipinski definition) is 2. The van der Waals surface area contributed by atoms with Gasteiger partial charge in [-0.1, -0.05) is 53.5 Å². The van der Waals surface area contributed by atoms with Crippen LogP contribution in [0.4, 0.5) is 5.69 Å². The summed E-state index contributed by atoms with van der Waals surface area (Å²) in [5.41, 5.74) is 1.75. The van der Waals surface area contributed by atoms with Crippen LogP contribution in [-0.2, 0) is 0 Å². The van der Waals surface area contributed by atoms with Gasteiger partial charge in [0.25, 0.3) is 0 Å². The van der Waals surface area contributed by atoms with E-state index < -0.39 is 0 Å². The minimum atomic E-state index is 0.238. The van der Waals surface area contributed by atoms with Gasteiger partial charge in [0.1, 0.15) is 6.07 Å². The Kier molecular flexibility index (Phi) is 3.99. The van der Waals surface area contributed by atoms with Crippen molar-refractivity contribution in [1.29, 1.82) is 5.26 Å². The van der Waals surface area contributed by atoms with Crippen LogP contribution in [0, 0.1) is 11.3 Å². The van der Waals surface area contributed by atoms with Crippen LogP contribution in [-0.4, -0.2) is 6.21 Å². The Hall–Kier alpha value is -1.82. The van der Waals surface area contributed by atoms with Gasteiger partial charge in [0.05, 0.1) is 21.3 Å². The molecule has 0 N–H and O–H groups in total. The van der Waals surface area contributed by atoms with Crippen molar-refractivity contribution < 1.29 is 0 Å². The molecule has 2 rings (SSSR count). The minimum Gasteiger partial charge on any atom is -0.255 e. The van der Waals surface area contributed by atoms with Crippen LogP contribution < -0.4 is 0 Å². The Morgan fingerprint density at radius 3 is 2.44 bits per heavy atom. The van der Waals surface area contributed by atoms with Gasteiger partial charge in [0, 0.05) is 6.21 Å². The maximum Gasteiger partial charge on any atom is 0.103 e. The summed E-state index contributed by atoms with van der Waals surface area (Å²) >= 11 is 11.8. The monoisotopic (exact) mass is 274 g/mol. The number of rotatable bonds is 2. The van der Waals surface area contributed by atoms with Gasteiger partial charge in [-0.3, -0.25) is 4.99 Å². The summed E-state index contributed by atoms with van der Waals surface area (Å²) in [6.45, 7) is 0. The predicted octanol–water partition coefficient (Wildman–Crippen LogP) is 4.62. The van der Waals surface area contributed by atoms with Gasteiger partial charge in [0.15, 0.2) is 0 Å². The van der Waals surface area contributed by atoms with Gasteiger partial charge in [-0.15, -0.1) is 0 Å². The average Bonchev–Trinajstić information content (AvgIpc) is 2.41. The third-order valence-corrected chi connectivity index (χ3v) is 3.14. The lowest BCUT2D eigenvalue weighted by Crippen LogP contribution is -1.83. The predicted molar refractivity (Wildman–Crippen MR) is 74.9 cm³/mol. The molecule has 2 aromatic carbocycles. The summed E-state index contributed by atoms with van der Waals surface area (Å²) in [7, 11) is 0. The molecular formula is C14H8Cl2N2. The smallest absolute Gasteiger partial charge is 0.103 e. The fraction of sp³-hybridized carbons (Fsp3) is 0. The highest BCUT2D eigenvalue weighted by atomic mass is 35.5. The first kappa shape index (κ1) is 12.6. The fourth-order valence-corrected chi connectivity index (χ4v) is 1.80. The zero-order chi connectivity index (χ0) is 13.0. The van der Waals surface area contributed by atoms with Gasteiger partial charge in [-0.25, -0.2) is 0 Å². The molecule has 4 heteroatoms. The molecule has 0 spiro atoms. The maximum absolute atomic E-state index is 9.05. The summed E-state index contributed by atoms with van der Waals surface area (Å²) in [5.74, 6) is 0. The van der Waals surface area contributed by atoms with Crippen molar-refractivity contribution in [3.63, 3.8) is 0 Å². The van der Waals surface area contributed by atoms with E-state index in [0.29, 0.717) is 10.7 Å². The normalized spacial score (nSPS) is 10.5. The standard InChI is InChI=1S/C14H8Cl2N2/c15-12-6-7-13(11(8-17)14(12)16)18-9-10-4-2-1-3-5-10/h1-7,9H. The van der Waals surface area contributed by atoms with E-state index in [2.05, 4.69) is 4.99 Å². The average molecular weight is 275 g/mol. The SMILES string of the molecule is N#Cc1c(N=Cc2ccccc2)ccc(Cl)c1Cl. The first-order valence-electron chi connectivity index (χ1n) is 5.19. The molecule has 0 saturated heterocycles. The van der Waals surface area contributed by atoms with Crippen LogP contribution in [0.25, 0.3) is 0 Å². The van der Waals surface area contributed by atoms with E-state index >= 15 is 0 Å². The number of nitrogens with zero attached hydrogens (tertiary/aromatic N) is 2. The van der Waals surface area contributed by atoms with Crippen LogP contribution >= 0.6 is 23.2 Å². The second-order valence-electron chi connectivity index (χ2n) is 3.54. The quantitative estimate of drug-likeness (QED) is 0.737. The van der Waals surface area contributed by atoms with E-state index in [9.17, 15) is 0 Å². The molecule has 0 fully saturated rings. The third-order valence-electron chi connectivity index (χ3n) is 2.34. The van der Waals surface area contributed by atoms with E-state index in [-0.39, 0.29) is 10.6 Å². The van der Waals surface area contributed by atoms with Gasteiger partial charge in [-0.2, -0.15) is 5.26 Å². The number of aliphatic imine (C=N–C) groups is 1. The molecule has 2 nitrogen and oxygen atoms in total. The first-order valence-corrected chi connectivity index (χ1v) is 5.95. The Morgan fingerprint density at radius 2 is 1.78 bits per heavy atom. The van der Waals surface area contributed by atoms with E-state index in [4.69, 9.17) is 28.5 Å². The van der Waals surface area contributed by atoms with E-state index in [1.165, 1.54) is 0 Å². The Labute approximate surface area is 115 Å². The van der Waals surface area contributed by atoms with Crippen molar-refractivity contribution in [2.24, 2.45) is 4.99 Å². The summed E-state index contributed by atoms with van der Waals surface area (Å²) < 4.78 is 0.